The van der Waals surface area contributed by atoms with Gasteiger partial charge in [0.1, 0.15) is 5.78 Å². The highest BCUT2D eigenvalue weighted by Gasteiger charge is 2.41. The van der Waals surface area contributed by atoms with Crippen molar-refractivity contribution in [3.8, 4) is 0 Å². The highest BCUT2D eigenvalue weighted by Crippen LogP contribution is 2.47. The topological polar surface area (TPSA) is 17.1 Å². The van der Waals surface area contributed by atoms with Gasteiger partial charge in [-0.1, -0.05) is 37.8 Å². The Kier molecular flexibility index (Phi) is 3.75. The molecule has 0 fully saturated rings. The molecule has 0 spiro atoms. The van der Waals surface area contributed by atoms with E-state index >= 15 is 0 Å². The quantitative estimate of drug-likeness (QED) is 0.603. The number of rotatable bonds is 1. The second-order valence-corrected chi connectivity index (χ2v) is 6.24. The Morgan fingerprint density at radius 1 is 1.12 bits per heavy atom. The molecular formula is C16H26O. The fourth-order valence-corrected chi connectivity index (χ4v) is 3.65. The Balaban J connectivity index is 2.28. The van der Waals surface area contributed by atoms with Gasteiger partial charge in [0.2, 0.25) is 0 Å². The van der Waals surface area contributed by atoms with Gasteiger partial charge in [-0.05, 0) is 51.4 Å². The maximum absolute atomic E-state index is 11.9. The van der Waals surface area contributed by atoms with Crippen LogP contribution in [-0.2, 0) is 4.79 Å². The minimum atomic E-state index is -0.0853. The molecule has 0 unspecified atom stereocenters. The first-order valence-corrected chi connectivity index (χ1v) is 7.27. The smallest absolute Gasteiger partial charge is 0.136 e. The van der Waals surface area contributed by atoms with E-state index in [0.717, 1.165) is 6.42 Å². The Morgan fingerprint density at radius 3 is 2.41 bits per heavy atom. The highest BCUT2D eigenvalue weighted by atomic mass is 16.1. The summed E-state index contributed by atoms with van der Waals surface area (Å²) in [5.74, 6) is 0.862. The molecule has 2 atom stereocenters. The average Bonchev–Trinajstić information content (AvgIpc) is 2.25. The summed E-state index contributed by atoms with van der Waals surface area (Å²) in [7, 11) is 0. The van der Waals surface area contributed by atoms with E-state index in [1.807, 2.05) is 0 Å². The molecule has 0 bridgehead atoms. The lowest BCUT2D eigenvalue weighted by Crippen LogP contribution is -2.37. The van der Waals surface area contributed by atoms with Crippen LogP contribution in [0.2, 0.25) is 0 Å². The van der Waals surface area contributed by atoms with Crippen molar-refractivity contribution >= 4 is 5.78 Å². The van der Waals surface area contributed by atoms with Gasteiger partial charge in [-0.3, -0.25) is 4.79 Å². The van der Waals surface area contributed by atoms with Crippen molar-refractivity contribution in [1.82, 2.24) is 0 Å². The first-order valence-electron chi connectivity index (χ1n) is 7.27. The van der Waals surface area contributed by atoms with Crippen LogP contribution in [0.5, 0.6) is 0 Å². The molecule has 0 aliphatic heterocycles. The van der Waals surface area contributed by atoms with Crippen LogP contribution >= 0.6 is 0 Å². The molecule has 17 heavy (non-hydrogen) atoms. The van der Waals surface area contributed by atoms with Crippen molar-refractivity contribution < 1.29 is 4.79 Å². The molecule has 0 saturated carbocycles. The van der Waals surface area contributed by atoms with Gasteiger partial charge in [0, 0.05) is 5.41 Å². The zero-order valence-electron chi connectivity index (χ0n) is 11.6. The Morgan fingerprint density at radius 2 is 1.76 bits per heavy atom. The van der Waals surface area contributed by atoms with Crippen molar-refractivity contribution in [1.29, 1.82) is 0 Å². The molecule has 2 rings (SSSR count). The molecule has 0 aromatic heterocycles. The molecule has 0 radical (unpaired) electrons. The van der Waals surface area contributed by atoms with Gasteiger partial charge in [-0.2, -0.15) is 0 Å². The van der Waals surface area contributed by atoms with Crippen molar-refractivity contribution in [2.45, 2.75) is 72.1 Å². The molecule has 1 nitrogen and oxygen atoms in total. The van der Waals surface area contributed by atoms with Crippen LogP contribution in [0.15, 0.2) is 11.1 Å². The van der Waals surface area contributed by atoms with E-state index in [1.165, 1.54) is 44.9 Å². The number of ketones is 1. The van der Waals surface area contributed by atoms with Crippen molar-refractivity contribution in [2.75, 3.05) is 0 Å². The third kappa shape index (κ3) is 2.34. The van der Waals surface area contributed by atoms with E-state index in [4.69, 9.17) is 0 Å². The lowest BCUT2D eigenvalue weighted by Gasteiger charge is -2.41. The van der Waals surface area contributed by atoms with Crippen LogP contribution < -0.4 is 0 Å². The minimum absolute atomic E-state index is 0.0853. The third-order valence-electron chi connectivity index (χ3n) is 5.36. The van der Waals surface area contributed by atoms with E-state index in [1.54, 1.807) is 18.1 Å². The third-order valence-corrected chi connectivity index (χ3v) is 5.36. The van der Waals surface area contributed by atoms with Gasteiger partial charge in [-0.25, -0.2) is 0 Å². The highest BCUT2D eigenvalue weighted by molar-refractivity contribution is 5.83. The fraction of sp³-hybridized carbons (Fsp3) is 0.812. The summed E-state index contributed by atoms with van der Waals surface area (Å²) >= 11 is 0. The summed E-state index contributed by atoms with van der Waals surface area (Å²) in [5, 5.41) is 0. The van der Waals surface area contributed by atoms with Gasteiger partial charge < -0.3 is 0 Å². The normalized spacial score (nSPS) is 34.9. The minimum Gasteiger partial charge on any atom is -0.299 e. The number of carbonyl (C=O) groups is 1. The predicted octanol–water partition coefficient (Wildman–Crippen LogP) is 4.66. The SMILES string of the molecule is CC(=O)[C@@]1(C)CCC2=C(CCCCCC2)[C@H]1C. The van der Waals surface area contributed by atoms with Crippen LogP contribution in [0.4, 0.5) is 0 Å². The molecule has 96 valence electrons. The lowest BCUT2D eigenvalue weighted by molar-refractivity contribution is -0.128. The van der Waals surface area contributed by atoms with Gasteiger partial charge in [-0.15, -0.1) is 0 Å². The second-order valence-electron chi connectivity index (χ2n) is 6.24. The number of hydrogen-bond acceptors (Lipinski definition) is 1. The first kappa shape index (κ1) is 12.9. The summed E-state index contributed by atoms with van der Waals surface area (Å²) < 4.78 is 0. The van der Waals surface area contributed by atoms with Gasteiger partial charge in [0.05, 0.1) is 0 Å². The Hall–Kier alpha value is -0.590. The van der Waals surface area contributed by atoms with Crippen LogP contribution in [0.3, 0.4) is 0 Å². The van der Waals surface area contributed by atoms with Gasteiger partial charge in [0.25, 0.3) is 0 Å². The molecule has 0 heterocycles. The van der Waals surface area contributed by atoms with Gasteiger partial charge >= 0.3 is 0 Å². The van der Waals surface area contributed by atoms with Crippen molar-refractivity contribution in [3.63, 3.8) is 0 Å². The monoisotopic (exact) mass is 234 g/mol. The number of Topliss-reactive ketones (excluding diaryl/α,β-unsaturated/α-hetero) is 1. The summed E-state index contributed by atoms with van der Waals surface area (Å²) in [6.07, 6.45) is 10.3. The lowest BCUT2D eigenvalue weighted by atomic mass is 9.62. The molecular weight excluding hydrogens is 208 g/mol. The first-order chi connectivity index (χ1) is 8.05. The fourth-order valence-electron chi connectivity index (χ4n) is 3.65. The molecule has 2 aliphatic carbocycles. The summed E-state index contributed by atoms with van der Waals surface area (Å²) in [6, 6.07) is 0. The van der Waals surface area contributed by atoms with Crippen LogP contribution in [0.1, 0.15) is 72.1 Å². The standard InChI is InChI=1S/C16H26O/c1-12-15-9-7-5-4-6-8-14(15)10-11-16(12,3)13(2)17/h12H,4-11H2,1-3H3/t12-,16+/m1/s1. The molecule has 0 N–H and O–H groups in total. The maximum Gasteiger partial charge on any atom is 0.136 e. The molecule has 0 saturated heterocycles. The largest absolute Gasteiger partial charge is 0.299 e. The zero-order valence-corrected chi connectivity index (χ0v) is 11.6. The van der Waals surface area contributed by atoms with Crippen LogP contribution in [0, 0.1) is 11.3 Å². The van der Waals surface area contributed by atoms with Crippen molar-refractivity contribution in [3.05, 3.63) is 11.1 Å². The predicted molar refractivity (Wildman–Crippen MR) is 71.9 cm³/mol. The number of allylic oxidation sites excluding steroid dienone is 2. The molecule has 0 aromatic carbocycles. The molecule has 0 amide bonds. The number of hydrogen-bond donors (Lipinski definition) is 0. The van der Waals surface area contributed by atoms with Crippen LogP contribution in [0.25, 0.3) is 0 Å². The molecule has 1 heteroatoms. The molecule has 2 aliphatic rings. The van der Waals surface area contributed by atoms with E-state index in [0.29, 0.717) is 11.7 Å². The molecule has 0 aromatic rings. The maximum atomic E-state index is 11.9. The van der Waals surface area contributed by atoms with Gasteiger partial charge in [0.15, 0.2) is 0 Å². The Bertz CT molecular complexity index is 339. The van der Waals surface area contributed by atoms with E-state index in [2.05, 4.69) is 13.8 Å². The van der Waals surface area contributed by atoms with E-state index in [-0.39, 0.29) is 5.41 Å². The van der Waals surface area contributed by atoms with Crippen LogP contribution in [-0.4, -0.2) is 5.78 Å². The summed E-state index contributed by atoms with van der Waals surface area (Å²) in [4.78, 5) is 11.9. The zero-order chi connectivity index (χ0) is 12.5. The average molecular weight is 234 g/mol. The van der Waals surface area contributed by atoms with E-state index < -0.39 is 0 Å². The Labute approximate surface area is 106 Å². The number of carbonyl (C=O) groups excluding carboxylic acids is 1. The van der Waals surface area contributed by atoms with Crippen molar-refractivity contribution in [2.24, 2.45) is 11.3 Å². The summed E-state index contributed by atoms with van der Waals surface area (Å²) in [6.45, 7) is 6.25. The van der Waals surface area contributed by atoms with E-state index in [9.17, 15) is 4.79 Å². The summed E-state index contributed by atoms with van der Waals surface area (Å²) in [5.41, 5.74) is 3.27. The second kappa shape index (κ2) is 4.96.